The molecular formula is C19H19N3. The zero-order valence-corrected chi connectivity index (χ0v) is 12.7. The maximum atomic E-state index is 8.98. The van der Waals surface area contributed by atoms with Crippen molar-refractivity contribution in [3.8, 4) is 6.19 Å². The van der Waals surface area contributed by atoms with Crippen molar-refractivity contribution in [1.82, 2.24) is 5.32 Å². The molecule has 22 heavy (non-hydrogen) atoms. The fourth-order valence-electron chi connectivity index (χ4n) is 3.08. The molecule has 0 spiro atoms. The van der Waals surface area contributed by atoms with Crippen LogP contribution in [0.5, 0.6) is 0 Å². The molecule has 3 heteroatoms. The summed E-state index contributed by atoms with van der Waals surface area (Å²) in [6.45, 7) is 2.09. The van der Waals surface area contributed by atoms with Crippen molar-refractivity contribution in [3.63, 3.8) is 0 Å². The van der Waals surface area contributed by atoms with Crippen molar-refractivity contribution < 1.29 is 0 Å². The summed E-state index contributed by atoms with van der Waals surface area (Å²) in [5.74, 6) is 0.749. The van der Waals surface area contributed by atoms with E-state index in [1.165, 1.54) is 22.3 Å². The van der Waals surface area contributed by atoms with Gasteiger partial charge in [-0.2, -0.15) is 10.3 Å². The van der Waals surface area contributed by atoms with Crippen LogP contribution in [0.2, 0.25) is 0 Å². The second-order valence-corrected chi connectivity index (χ2v) is 5.70. The molecular weight excluding hydrogens is 270 g/mol. The Morgan fingerprint density at radius 1 is 1.23 bits per heavy atom. The fourth-order valence-corrected chi connectivity index (χ4v) is 3.08. The molecule has 0 fully saturated rings. The first kappa shape index (κ1) is 14.3. The Morgan fingerprint density at radius 2 is 2.00 bits per heavy atom. The maximum Gasteiger partial charge on any atom is 0.207 e. The Hall–Kier alpha value is -2.60. The molecule has 0 saturated heterocycles. The second-order valence-electron chi connectivity index (χ2n) is 5.70. The topological polar surface area (TPSA) is 48.2 Å². The molecule has 0 heterocycles. The molecule has 110 valence electrons. The number of hydrogen-bond donors (Lipinski definition) is 1. The molecule has 2 aromatic carbocycles. The monoisotopic (exact) mass is 289 g/mol. The van der Waals surface area contributed by atoms with Crippen LogP contribution in [0.1, 0.15) is 34.7 Å². The first-order valence-corrected chi connectivity index (χ1v) is 7.62. The summed E-state index contributed by atoms with van der Waals surface area (Å²) in [7, 11) is 0. The van der Waals surface area contributed by atoms with Gasteiger partial charge in [0.1, 0.15) is 5.84 Å². The van der Waals surface area contributed by atoms with Gasteiger partial charge < -0.3 is 5.32 Å². The lowest BCUT2D eigenvalue weighted by atomic mass is 10.0. The summed E-state index contributed by atoms with van der Waals surface area (Å²) in [4.78, 5) is 4.01. The molecule has 0 radical (unpaired) electrons. The first-order valence-electron chi connectivity index (χ1n) is 7.62. The van der Waals surface area contributed by atoms with Crippen molar-refractivity contribution in [1.29, 1.82) is 5.26 Å². The van der Waals surface area contributed by atoms with E-state index in [-0.39, 0.29) is 6.04 Å². The van der Waals surface area contributed by atoms with Gasteiger partial charge in [0.25, 0.3) is 0 Å². The number of rotatable bonds is 3. The third-order valence-electron chi connectivity index (χ3n) is 4.28. The number of nitriles is 1. The van der Waals surface area contributed by atoms with Gasteiger partial charge >= 0.3 is 0 Å². The van der Waals surface area contributed by atoms with Crippen molar-refractivity contribution in [2.24, 2.45) is 4.99 Å². The summed E-state index contributed by atoms with van der Waals surface area (Å²) in [5, 5.41) is 12.5. The van der Waals surface area contributed by atoms with E-state index in [2.05, 4.69) is 53.6 Å². The predicted octanol–water partition coefficient (Wildman–Crippen LogP) is 3.69. The largest absolute Gasteiger partial charge is 0.366 e. The molecule has 3 rings (SSSR count). The van der Waals surface area contributed by atoms with E-state index in [1.807, 2.05) is 18.3 Å². The summed E-state index contributed by atoms with van der Waals surface area (Å²) in [6, 6.07) is 17.0. The third kappa shape index (κ3) is 3.01. The van der Waals surface area contributed by atoms with Crippen LogP contribution < -0.4 is 5.32 Å². The molecule has 1 atom stereocenters. The number of aliphatic imine (C=N–C) groups is 1. The molecule has 2 aromatic rings. The van der Waals surface area contributed by atoms with Crippen LogP contribution in [-0.2, 0) is 12.8 Å². The van der Waals surface area contributed by atoms with Gasteiger partial charge in [0.05, 0.1) is 6.04 Å². The van der Waals surface area contributed by atoms with Gasteiger partial charge in [-0.05, 0) is 42.0 Å². The van der Waals surface area contributed by atoms with E-state index in [9.17, 15) is 0 Å². The van der Waals surface area contributed by atoms with Crippen LogP contribution >= 0.6 is 0 Å². The number of nitrogens with zero attached hydrogens (tertiary/aromatic N) is 2. The van der Waals surface area contributed by atoms with Gasteiger partial charge in [0, 0.05) is 6.42 Å². The van der Waals surface area contributed by atoms with Crippen LogP contribution in [-0.4, -0.2) is 5.84 Å². The highest BCUT2D eigenvalue weighted by Crippen LogP contribution is 2.30. The molecule has 0 aliphatic heterocycles. The molecule has 1 aliphatic rings. The standard InChI is InChI=1S/C19H19N3/c1-14-6-2-3-8-16(14)12-19(21-13-20)22-18-11-10-15-7-4-5-9-17(15)18/h2-9,18H,10-12H2,1H3,(H,21,22)/t18-/m1/s1. The second kappa shape index (κ2) is 6.44. The average molecular weight is 289 g/mol. The molecule has 1 N–H and O–H groups in total. The SMILES string of the molecule is Cc1ccccc1C/C(=N\C#N)N[C@@H]1CCc2ccccc21. The third-order valence-corrected chi connectivity index (χ3v) is 4.28. The Balaban J connectivity index is 1.78. The molecule has 0 bridgehead atoms. The minimum atomic E-state index is 0.257. The van der Waals surface area contributed by atoms with Gasteiger partial charge in [0.15, 0.2) is 0 Å². The molecule has 1 aliphatic carbocycles. The van der Waals surface area contributed by atoms with E-state index in [1.54, 1.807) is 0 Å². The van der Waals surface area contributed by atoms with E-state index < -0.39 is 0 Å². The lowest BCUT2D eigenvalue weighted by Gasteiger charge is -2.17. The summed E-state index contributed by atoms with van der Waals surface area (Å²) in [6.07, 6.45) is 4.73. The van der Waals surface area contributed by atoms with E-state index in [0.717, 1.165) is 18.7 Å². The Labute approximate surface area is 131 Å². The van der Waals surface area contributed by atoms with Crippen LogP contribution in [0.3, 0.4) is 0 Å². The number of hydrogen-bond acceptors (Lipinski definition) is 2. The predicted molar refractivity (Wildman–Crippen MR) is 88.6 cm³/mol. The van der Waals surface area contributed by atoms with E-state index in [4.69, 9.17) is 5.26 Å². The molecule has 0 aromatic heterocycles. The van der Waals surface area contributed by atoms with Crippen LogP contribution in [0.4, 0.5) is 0 Å². The van der Waals surface area contributed by atoms with Crippen molar-refractivity contribution in [2.75, 3.05) is 0 Å². The van der Waals surface area contributed by atoms with Gasteiger partial charge in [-0.25, -0.2) is 0 Å². The lowest BCUT2D eigenvalue weighted by Crippen LogP contribution is -2.29. The number of amidine groups is 1. The van der Waals surface area contributed by atoms with Crippen molar-refractivity contribution in [2.45, 2.75) is 32.2 Å². The van der Waals surface area contributed by atoms with Gasteiger partial charge in [-0.1, -0.05) is 48.5 Å². The van der Waals surface area contributed by atoms with Crippen molar-refractivity contribution >= 4 is 5.84 Å². The zero-order valence-electron chi connectivity index (χ0n) is 12.7. The van der Waals surface area contributed by atoms with Crippen LogP contribution in [0.25, 0.3) is 0 Å². The normalized spacial score (nSPS) is 16.9. The molecule has 0 amide bonds. The minimum Gasteiger partial charge on any atom is -0.366 e. The number of nitrogens with one attached hydrogen (secondary N) is 1. The van der Waals surface area contributed by atoms with Crippen LogP contribution in [0, 0.1) is 18.4 Å². The number of aryl methyl sites for hydroxylation is 2. The summed E-state index contributed by atoms with van der Waals surface area (Å²) < 4.78 is 0. The van der Waals surface area contributed by atoms with Crippen molar-refractivity contribution in [3.05, 3.63) is 70.8 Å². The average Bonchev–Trinajstić information content (AvgIpc) is 2.93. The summed E-state index contributed by atoms with van der Waals surface area (Å²) in [5.41, 5.74) is 5.15. The molecule has 0 unspecified atom stereocenters. The first-order chi connectivity index (χ1) is 10.8. The fraction of sp³-hybridized carbons (Fsp3) is 0.263. The van der Waals surface area contributed by atoms with E-state index in [0.29, 0.717) is 6.42 Å². The molecule has 3 nitrogen and oxygen atoms in total. The molecule has 0 saturated carbocycles. The zero-order chi connectivity index (χ0) is 15.4. The highest BCUT2D eigenvalue weighted by atomic mass is 15.0. The Morgan fingerprint density at radius 3 is 2.82 bits per heavy atom. The van der Waals surface area contributed by atoms with Gasteiger partial charge in [-0.15, -0.1) is 0 Å². The number of fused-ring (bicyclic) bond motifs is 1. The van der Waals surface area contributed by atoms with Gasteiger partial charge in [0.2, 0.25) is 6.19 Å². The minimum absolute atomic E-state index is 0.257. The number of benzene rings is 2. The smallest absolute Gasteiger partial charge is 0.207 e. The van der Waals surface area contributed by atoms with E-state index >= 15 is 0 Å². The highest BCUT2D eigenvalue weighted by Gasteiger charge is 2.22. The summed E-state index contributed by atoms with van der Waals surface area (Å²) >= 11 is 0. The maximum absolute atomic E-state index is 8.98. The van der Waals surface area contributed by atoms with Gasteiger partial charge in [-0.3, -0.25) is 0 Å². The highest BCUT2D eigenvalue weighted by molar-refractivity contribution is 5.86. The lowest BCUT2D eigenvalue weighted by molar-refractivity contribution is 0.635. The Kier molecular flexibility index (Phi) is 4.20. The quantitative estimate of drug-likeness (QED) is 0.532. The Bertz CT molecular complexity index is 740. The van der Waals surface area contributed by atoms with Crippen LogP contribution in [0.15, 0.2) is 53.5 Å².